The van der Waals surface area contributed by atoms with Crippen LogP contribution in [-0.4, -0.2) is 41.5 Å². The van der Waals surface area contributed by atoms with E-state index in [1.165, 1.54) is 4.57 Å². The van der Waals surface area contributed by atoms with Crippen LogP contribution in [0.3, 0.4) is 0 Å². The van der Waals surface area contributed by atoms with E-state index in [0.29, 0.717) is 36.7 Å². The molecule has 0 fully saturated rings. The summed E-state index contributed by atoms with van der Waals surface area (Å²) in [5, 5.41) is 19.0. The van der Waals surface area contributed by atoms with Crippen LogP contribution >= 0.6 is 0 Å². The van der Waals surface area contributed by atoms with Gasteiger partial charge in [-0.25, -0.2) is 4.98 Å². The van der Waals surface area contributed by atoms with Gasteiger partial charge < -0.3 is 9.53 Å². The van der Waals surface area contributed by atoms with Gasteiger partial charge in [-0.05, 0) is 31.0 Å². The van der Waals surface area contributed by atoms with Gasteiger partial charge in [0.25, 0.3) is 0 Å². The summed E-state index contributed by atoms with van der Waals surface area (Å²) >= 11 is 0. The molecule has 0 saturated carbocycles. The van der Waals surface area contributed by atoms with Crippen LogP contribution < -0.4 is 0 Å². The fourth-order valence-electron chi connectivity index (χ4n) is 3.48. The quantitative estimate of drug-likeness (QED) is 0.661. The standard InChI is InChI=1S/C20H31N3O4Si/c1-7-14-17-20(18(25)26,10-8-11-21)13-16(24)23(17)15(22-14)9-12-27-28(5,6)19(2,3)4/h7-10,12-13H2,1-6H3,(H,25,26). The first-order valence-corrected chi connectivity index (χ1v) is 12.7. The van der Waals surface area contributed by atoms with Gasteiger partial charge in [0.1, 0.15) is 11.2 Å². The number of nitriles is 1. The first kappa shape index (κ1) is 22.3. The Hall–Kier alpha value is -1.98. The van der Waals surface area contributed by atoms with E-state index in [4.69, 9.17) is 9.69 Å². The molecule has 1 N–H and O–H groups in total. The van der Waals surface area contributed by atoms with Crippen molar-refractivity contribution in [3.63, 3.8) is 0 Å². The second kappa shape index (κ2) is 7.80. The van der Waals surface area contributed by atoms with Gasteiger partial charge in [-0.15, -0.1) is 0 Å². The topological polar surface area (TPSA) is 105 Å². The van der Waals surface area contributed by atoms with Crippen LogP contribution in [0.4, 0.5) is 0 Å². The Morgan fingerprint density at radius 3 is 2.57 bits per heavy atom. The number of aryl methyl sites for hydroxylation is 1. The molecule has 2 rings (SSSR count). The van der Waals surface area contributed by atoms with Crippen LogP contribution in [0.5, 0.6) is 0 Å². The molecule has 28 heavy (non-hydrogen) atoms. The number of aromatic nitrogens is 2. The monoisotopic (exact) mass is 405 g/mol. The molecule has 1 aromatic heterocycles. The maximum Gasteiger partial charge on any atom is 0.316 e. The highest BCUT2D eigenvalue weighted by Gasteiger charge is 2.52. The van der Waals surface area contributed by atoms with E-state index < -0.39 is 19.7 Å². The molecule has 0 aliphatic carbocycles. The molecule has 1 aliphatic rings. The molecule has 7 nitrogen and oxygen atoms in total. The Bertz CT molecular complexity index is 817. The lowest BCUT2D eigenvalue weighted by atomic mass is 9.78. The lowest BCUT2D eigenvalue weighted by Gasteiger charge is -2.36. The molecule has 0 spiro atoms. The van der Waals surface area contributed by atoms with E-state index in [1.54, 1.807) is 0 Å². The zero-order valence-electron chi connectivity index (χ0n) is 17.8. The Morgan fingerprint density at radius 1 is 1.43 bits per heavy atom. The van der Waals surface area contributed by atoms with Gasteiger partial charge >= 0.3 is 5.97 Å². The summed E-state index contributed by atoms with van der Waals surface area (Å²) in [6.45, 7) is 13.2. The van der Waals surface area contributed by atoms with Crippen molar-refractivity contribution < 1.29 is 19.1 Å². The third-order valence-corrected chi connectivity index (χ3v) is 10.7. The van der Waals surface area contributed by atoms with Crippen molar-refractivity contribution in [2.45, 2.75) is 83.3 Å². The summed E-state index contributed by atoms with van der Waals surface area (Å²) in [7, 11) is -1.92. The Kier molecular flexibility index (Phi) is 6.21. The highest BCUT2D eigenvalue weighted by atomic mass is 28.4. The second-order valence-corrected chi connectivity index (χ2v) is 13.8. The Labute approximate surface area is 167 Å². The minimum atomic E-state index is -1.92. The fourth-order valence-corrected chi connectivity index (χ4v) is 4.53. The maximum absolute atomic E-state index is 12.8. The molecule has 1 aromatic rings. The van der Waals surface area contributed by atoms with E-state index >= 15 is 0 Å². The lowest BCUT2D eigenvalue weighted by molar-refractivity contribution is -0.144. The van der Waals surface area contributed by atoms with E-state index in [0.717, 1.165) is 0 Å². The third-order valence-electron chi connectivity index (χ3n) is 6.18. The van der Waals surface area contributed by atoms with Crippen LogP contribution in [0.15, 0.2) is 0 Å². The predicted octanol–water partition coefficient (Wildman–Crippen LogP) is 3.68. The molecule has 0 aromatic carbocycles. The summed E-state index contributed by atoms with van der Waals surface area (Å²) in [5.41, 5.74) is -0.262. The molecule has 8 heteroatoms. The smallest absolute Gasteiger partial charge is 0.316 e. The zero-order chi connectivity index (χ0) is 21.3. The summed E-state index contributed by atoms with van der Waals surface area (Å²) in [5.74, 6) is -0.756. The van der Waals surface area contributed by atoms with E-state index in [2.05, 4.69) is 38.8 Å². The van der Waals surface area contributed by atoms with Gasteiger partial charge in [0.05, 0.1) is 17.5 Å². The van der Waals surface area contributed by atoms with Crippen molar-refractivity contribution in [1.82, 2.24) is 9.55 Å². The van der Waals surface area contributed by atoms with E-state index in [9.17, 15) is 14.7 Å². The maximum atomic E-state index is 12.8. The minimum Gasteiger partial charge on any atom is -0.481 e. The minimum absolute atomic E-state index is 0.0811. The summed E-state index contributed by atoms with van der Waals surface area (Å²) < 4.78 is 7.70. The van der Waals surface area contributed by atoms with Crippen LogP contribution in [0.2, 0.25) is 18.1 Å². The molecule has 0 bridgehead atoms. The number of fused-ring (bicyclic) bond motifs is 1. The number of hydrogen-bond acceptors (Lipinski definition) is 5. The van der Waals surface area contributed by atoms with Gasteiger partial charge in [0.15, 0.2) is 8.32 Å². The van der Waals surface area contributed by atoms with Crippen molar-refractivity contribution in [3.05, 3.63) is 17.2 Å². The number of imidazole rings is 1. The molecule has 1 aliphatic heterocycles. The van der Waals surface area contributed by atoms with Gasteiger partial charge in [-0.1, -0.05) is 27.7 Å². The molecule has 154 valence electrons. The second-order valence-electron chi connectivity index (χ2n) is 8.99. The van der Waals surface area contributed by atoms with Gasteiger partial charge in [-0.3, -0.25) is 14.2 Å². The van der Waals surface area contributed by atoms with Crippen LogP contribution in [-0.2, 0) is 27.5 Å². The van der Waals surface area contributed by atoms with Gasteiger partial charge in [-0.2, -0.15) is 5.26 Å². The predicted molar refractivity (Wildman–Crippen MR) is 108 cm³/mol. The number of nitrogens with zero attached hydrogens (tertiary/aromatic N) is 3. The zero-order valence-corrected chi connectivity index (χ0v) is 18.8. The highest BCUT2D eigenvalue weighted by Crippen LogP contribution is 2.42. The lowest BCUT2D eigenvalue weighted by Crippen LogP contribution is -2.41. The molecule has 0 saturated heterocycles. The third kappa shape index (κ3) is 3.78. The summed E-state index contributed by atoms with van der Waals surface area (Å²) in [4.78, 5) is 29.5. The van der Waals surface area contributed by atoms with Crippen molar-refractivity contribution >= 4 is 20.2 Å². The number of hydrogen-bond donors (Lipinski definition) is 1. The number of rotatable bonds is 8. The fraction of sp³-hybridized carbons (Fsp3) is 0.700. The first-order chi connectivity index (χ1) is 12.9. The van der Waals surface area contributed by atoms with Crippen LogP contribution in [0.25, 0.3) is 0 Å². The molecular weight excluding hydrogens is 374 g/mol. The van der Waals surface area contributed by atoms with Crippen molar-refractivity contribution in [2.24, 2.45) is 0 Å². The average Bonchev–Trinajstić information content (AvgIpc) is 3.09. The van der Waals surface area contributed by atoms with Crippen molar-refractivity contribution in [2.75, 3.05) is 6.61 Å². The number of carbonyl (C=O) groups is 2. The normalized spacial score (nSPS) is 19.5. The molecule has 0 radical (unpaired) electrons. The van der Waals surface area contributed by atoms with Gasteiger partial charge in [0.2, 0.25) is 5.91 Å². The molecular formula is C20H31N3O4Si. The van der Waals surface area contributed by atoms with Crippen molar-refractivity contribution in [1.29, 1.82) is 5.26 Å². The molecule has 2 heterocycles. The average molecular weight is 406 g/mol. The number of aliphatic carboxylic acids is 1. The van der Waals surface area contributed by atoms with E-state index in [1.807, 2.05) is 13.0 Å². The molecule has 1 atom stereocenters. The SMILES string of the molecule is CCc1nc(CCO[Si](C)(C)C(C)(C)C)n2c1C(CCC#N)(C(=O)O)CC2=O. The largest absolute Gasteiger partial charge is 0.481 e. The Morgan fingerprint density at radius 2 is 2.07 bits per heavy atom. The van der Waals surface area contributed by atoms with Crippen LogP contribution in [0, 0.1) is 11.3 Å². The number of carbonyl (C=O) groups excluding carboxylic acids is 1. The molecule has 0 amide bonds. The van der Waals surface area contributed by atoms with Gasteiger partial charge in [0, 0.05) is 25.9 Å². The van der Waals surface area contributed by atoms with E-state index in [-0.39, 0.29) is 30.2 Å². The van der Waals surface area contributed by atoms with Crippen LogP contribution in [0.1, 0.15) is 69.0 Å². The summed E-state index contributed by atoms with van der Waals surface area (Å²) in [6.07, 6.45) is 1.07. The molecule has 1 unspecified atom stereocenters. The highest BCUT2D eigenvalue weighted by molar-refractivity contribution is 6.74. The van der Waals surface area contributed by atoms with Crippen molar-refractivity contribution in [3.8, 4) is 6.07 Å². The summed E-state index contributed by atoms with van der Waals surface area (Å²) in [6, 6.07) is 2.01. The Balaban J connectivity index is 2.37. The number of carboxylic acids is 1. The number of carboxylic acid groups (broad SMARTS) is 1. The first-order valence-electron chi connectivity index (χ1n) is 9.79.